The van der Waals surface area contributed by atoms with Crippen molar-refractivity contribution in [2.24, 2.45) is 46.6 Å². The normalized spacial score (nSPS) is 18.0. The Hall–Kier alpha value is -14.4. The molecule has 4 fully saturated rings. The summed E-state index contributed by atoms with van der Waals surface area (Å²) < 4.78 is 0. The van der Waals surface area contributed by atoms with Crippen LogP contribution in [0.2, 0.25) is 0 Å². The molecule has 12 heterocycles. The summed E-state index contributed by atoms with van der Waals surface area (Å²) in [4.78, 5) is 184. The topological polar surface area (TPSA) is 502 Å². The van der Waals surface area contributed by atoms with Crippen LogP contribution < -0.4 is 49.5 Å². The fourth-order valence-corrected chi connectivity index (χ4v) is 17.6. The smallest absolute Gasteiger partial charge is 0.394 e. The number of aromatic nitrogens is 8. The molecule has 0 spiro atoms. The second-order valence-corrected chi connectivity index (χ2v) is 35.0. The molecule has 4 aromatic carbocycles. The number of carboxylic acids is 1. The van der Waals surface area contributed by atoms with Crippen LogP contribution in [0.15, 0.2) is 218 Å². The van der Waals surface area contributed by atoms with Crippen LogP contribution in [0.1, 0.15) is 167 Å². The van der Waals surface area contributed by atoms with Crippen molar-refractivity contribution in [1.82, 2.24) is 59.9 Å². The first-order valence-corrected chi connectivity index (χ1v) is 44.7. The summed E-state index contributed by atoms with van der Waals surface area (Å²) in [6, 6.07) is 38.5. The SMILES string of the molecule is CC1CCC(c2ccc(-c3cncs3)cc2)N(C(=O)C(=O)Nc2cncc(C(N)=O)c2)C1.CC1CCC(c2ccc(-c3cncs3)cc2)NC1.C[C@@H]1CC[C@@H](c2ccc(-c3cncs3)cc2)N(C(=O)C(=O)Nc2cncc(C(N)=O)c2)C1.C[C@H]1CC[C@H](c2ccc(-c3cncs3)cc2)N(C(=O)C(=O)Nc2cncc(C(N)=O)c2)C1.NC(=O)c1cncc(NC(=O)C(=O)O)c1. The number of hydrogen-bond donors (Lipinski definition) is 10. The molecule has 12 aromatic rings. The maximum absolute atomic E-state index is 13.1. The second kappa shape index (κ2) is 44.7. The average molecular weight is 1820 g/mol. The number of carbonyl (C=O) groups is 12. The summed E-state index contributed by atoms with van der Waals surface area (Å²) in [6.45, 7) is 11.1. The number of amides is 11. The number of thiazole rings is 4. The first kappa shape index (κ1) is 93.7. The summed E-state index contributed by atoms with van der Waals surface area (Å²) >= 11 is 6.40. The van der Waals surface area contributed by atoms with E-state index in [-0.39, 0.29) is 63.1 Å². The lowest BCUT2D eigenvalue weighted by Gasteiger charge is -2.38. The highest BCUT2D eigenvalue weighted by Gasteiger charge is 2.38. The molecule has 4 aliphatic heterocycles. The largest absolute Gasteiger partial charge is 0.474 e. The number of nitrogens with one attached hydrogen (secondary N) is 5. The van der Waals surface area contributed by atoms with Crippen molar-refractivity contribution in [2.75, 3.05) is 47.4 Å². The quantitative estimate of drug-likeness (QED) is 0.0402. The van der Waals surface area contributed by atoms with Gasteiger partial charge < -0.3 is 69.3 Å². The Morgan fingerprint density at radius 1 is 0.326 bits per heavy atom. The molecule has 4 saturated heterocycles. The second-order valence-electron chi connectivity index (χ2n) is 31.5. The Balaban J connectivity index is 0.000000150. The number of anilines is 4. The molecule has 11 amide bonds. The van der Waals surface area contributed by atoms with Gasteiger partial charge in [0.15, 0.2) is 0 Å². The number of benzene rings is 4. The molecule has 129 heavy (non-hydrogen) atoms. The van der Waals surface area contributed by atoms with Gasteiger partial charge in [-0.15, -0.1) is 45.3 Å². The number of likely N-dealkylation sites (tertiary alicyclic amines) is 3. The third-order valence-corrected chi connectivity index (χ3v) is 25.2. The molecule has 37 heteroatoms. The Kier molecular flexibility index (Phi) is 32.5. The van der Waals surface area contributed by atoms with Crippen LogP contribution in [0.5, 0.6) is 0 Å². The number of rotatable bonds is 16. The predicted octanol–water partition coefficient (Wildman–Crippen LogP) is 12.8. The highest BCUT2D eigenvalue weighted by Crippen LogP contribution is 2.40. The van der Waals surface area contributed by atoms with Gasteiger partial charge in [0.2, 0.25) is 23.6 Å². The van der Waals surface area contributed by atoms with E-state index in [0.29, 0.717) is 43.4 Å². The van der Waals surface area contributed by atoms with Crippen LogP contribution >= 0.6 is 45.3 Å². The Morgan fingerprint density at radius 3 is 0.814 bits per heavy atom. The van der Waals surface area contributed by atoms with Crippen molar-refractivity contribution in [3.63, 3.8) is 0 Å². The van der Waals surface area contributed by atoms with E-state index in [1.165, 1.54) is 103 Å². The van der Waals surface area contributed by atoms with Crippen LogP contribution in [-0.4, -0.2) is 157 Å². The van der Waals surface area contributed by atoms with E-state index in [2.05, 4.69) is 113 Å². The van der Waals surface area contributed by atoms with E-state index in [1.54, 1.807) is 76.6 Å². The molecule has 0 radical (unpaired) electrons. The molecule has 33 nitrogen and oxygen atoms in total. The molecular formula is C92H94N20O13S4. The van der Waals surface area contributed by atoms with Gasteiger partial charge in [0.05, 0.1) is 129 Å². The fraction of sp³-hybridized carbons (Fsp3) is 0.261. The number of piperidine rings is 4. The van der Waals surface area contributed by atoms with Gasteiger partial charge >= 0.3 is 47.3 Å². The number of aliphatic carboxylic acids is 1. The third-order valence-electron chi connectivity index (χ3n) is 21.9. The van der Waals surface area contributed by atoms with E-state index < -0.39 is 70.9 Å². The summed E-state index contributed by atoms with van der Waals surface area (Å²) in [5.41, 5.74) is 38.2. The number of hydrogen-bond acceptors (Lipinski definition) is 25. The minimum atomic E-state index is -1.63. The van der Waals surface area contributed by atoms with E-state index in [9.17, 15) is 57.5 Å². The number of pyridine rings is 4. The van der Waals surface area contributed by atoms with Crippen LogP contribution in [0.25, 0.3) is 41.8 Å². The molecule has 0 bridgehead atoms. The molecule has 664 valence electrons. The zero-order chi connectivity index (χ0) is 91.8. The van der Waals surface area contributed by atoms with Crippen molar-refractivity contribution >= 4 is 139 Å². The molecule has 4 aliphatic rings. The third kappa shape index (κ3) is 25.7. The highest BCUT2D eigenvalue weighted by molar-refractivity contribution is 7.14. The molecular weight excluding hydrogens is 1720 g/mol. The van der Waals surface area contributed by atoms with Gasteiger partial charge in [-0.05, 0) is 150 Å². The molecule has 0 saturated carbocycles. The summed E-state index contributed by atoms with van der Waals surface area (Å²) in [5.74, 6) is -7.99. The maximum Gasteiger partial charge on any atom is 0.394 e. The summed E-state index contributed by atoms with van der Waals surface area (Å²) in [7, 11) is 0. The first-order chi connectivity index (χ1) is 62.1. The molecule has 8 aromatic heterocycles. The fourth-order valence-electron chi connectivity index (χ4n) is 15.1. The number of carboxylic acid groups (broad SMARTS) is 1. The molecule has 8 atom stereocenters. The van der Waals surface area contributed by atoms with Crippen molar-refractivity contribution in [1.29, 1.82) is 0 Å². The average Bonchev–Trinajstić information content (AvgIpc) is 1.79. The summed E-state index contributed by atoms with van der Waals surface area (Å²) in [6.07, 6.45) is 25.6. The van der Waals surface area contributed by atoms with Gasteiger partial charge in [-0.1, -0.05) is 125 Å². The van der Waals surface area contributed by atoms with Gasteiger partial charge in [0.1, 0.15) is 0 Å². The van der Waals surface area contributed by atoms with Crippen LogP contribution in [0, 0.1) is 23.7 Å². The highest BCUT2D eigenvalue weighted by atomic mass is 32.1. The Labute approximate surface area is 758 Å². The standard InChI is InChI=1S/3C23H23N5O3S.C15H18N2S.C8H7N3O4/c3*1-14-2-7-19(15-3-5-16(6-4-15)20-11-26-13-32-20)28(12-14)23(31)22(30)27-18-8-17(21(24)29)9-25-10-18;1-11-2-7-14(17-8-11)12-3-5-13(6-4-12)15-9-16-10-18-15;9-6(12)4-1-5(3-10-2-4)11-7(13)8(14)15/h3*3-6,8-11,13-14,19H,2,7,12H2,1H3,(H2,24,29)(H,27,30);3-6,9-11,14,17H,2,7-8H2,1H3;1-3H,(H2,9,12)(H,11,13)(H,14,15)/t2*14-,19+;;;/m10.../s1. The Morgan fingerprint density at radius 2 is 0.581 bits per heavy atom. The number of carbonyl (C=O) groups excluding carboxylic acids is 11. The van der Waals surface area contributed by atoms with Gasteiger partial charge in [-0.25, -0.2) is 4.79 Å². The van der Waals surface area contributed by atoms with Gasteiger partial charge in [0.25, 0.3) is 0 Å². The number of nitrogens with two attached hydrogens (primary N) is 4. The van der Waals surface area contributed by atoms with Crippen LogP contribution in [0.3, 0.4) is 0 Å². The number of primary amides is 4. The maximum atomic E-state index is 13.1. The van der Waals surface area contributed by atoms with E-state index in [0.717, 1.165) is 99.0 Å². The van der Waals surface area contributed by atoms with Crippen molar-refractivity contribution < 1.29 is 62.6 Å². The predicted molar refractivity (Wildman–Crippen MR) is 491 cm³/mol. The summed E-state index contributed by atoms with van der Waals surface area (Å²) in [5, 5.41) is 21.6. The zero-order valence-corrected chi connectivity index (χ0v) is 73.9. The zero-order valence-electron chi connectivity index (χ0n) is 70.6. The lowest BCUT2D eigenvalue weighted by molar-refractivity contribution is -0.147. The Bertz CT molecular complexity index is 5500. The van der Waals surface area contributed by atoms with Crippen LogP contribution in [-0.2, 0) is 38.4 Å². The monoisotopic (exact) mass is 1810 g/mol. The van der Waals surface area contributed by atoms with E-state index >= 15 is 0 Å². The van der Waals surface area contributed by atoms with Crippen molar-refractivity contribution in [3.8, 4) is 41.8 Å². The van der Waals surface area contributed by atoms with Crippen LogP contribution in [0.4, 0.5) is 22.7 Å². The lowest BCUT2D eigenvalue weighted by Crippen LogP contribution is -2.46. The molecule has 0 aliphatic carbocycles. The van der Waals surface area contributed by atoms with Gasteiger partial charge in [-0.2, -0.15) is 0 Å². The minimum Gasteiger partial charge on any atom is -0.474 e. The lowest BCUT2D eigenvalue weighted by atomic mass is 9.89. The molecule has 4 unspecified atom stereocenters. The van der Waals surface area contributed by atoms with E-state index in [4.69, 9.17) is 28.0 Å². The first-order valence-electron chi connectivity index (χ1n) is 41.2. The van der Waals surface area contributed by atoms with Gasteiger partial charge in [0, 0.05) is 75.3 Å². The minimum absolute atomic E-state index is 0.0817. The molecule has 14 N–H and O–H groups in total. The van der Waals surface area contributed by atoms with Crippen molar-refractivity contribution in [3.05, 3.63) is 262 Å². The van der Waals surface area contributed by atoms with E-state index in [1.807, 2.05) is 108 Å². The number of nitrogens with zero attached hydrogens (tertiary/aromatic N) is 11. The molecule has 16 rings (SSSR count). The van der Waals surface area contributed by atoms with Crippen molar-refractivity contribution in [2.45, 2.75) is 103 Å². The van der Waals surface area contributed by atoms with Gasteiger partial charge in [-0.3, -0.25) is 92.6 Å².